The fourth-order valence-electron chi connectivity index (χ4n) is 3.05. The molecule has 3 rings (SSSR count). The maximum Gasteiger partial charge on any atom is 0.191 e. The fourth-order valence-corrected chi connectivity index (χ4v) is 3.05. The van der Waals surface area contributed by atoms with E-state index in [0.29, 0.717) is 5.41 Å². The third-order valence-corrected chi connectivity index (χ3v) is 4.83. The topological polar surface area (TPSA) is 36.4 Å². The molecule has 2 fully saturated rings. The van der Waals surface area contributed by atoms with Crippen molar-refractivity contribution in [2.45, 2.75) is 46.1 Å². The van der Waals surface area contributed by atoms with E-state index in [1.807, 2.05) is 0 Å². The molecule has 0 aromatic heterocycles. The zero-order valence-electron chi connectivity index (χ0n) is 13.3. The van der Waals surface area contributed by atoms with E-state index >= 15 is 0 Å². The third kappa shape index (κ3) is 3.78. The summed E-state index contributed by atoms with van der Waals surface area (Å²) in [7, 11) is 0. The van der Waals surface area contributed by atoms with Gasteiger partial charge in [0.1, 0.15) is 0 Å². The predicted molar refractivity (Wildman–Crippen MR) is 88.4 cm³/mol. The fraction of sp³-hybridized carbons (Fsp3) is 0.611. The number of nitrogens with one attached hydrogen (secondary N) is 2. The van der Waals surface area contributed by atoms with Crippen LogP contribution in [0.3, 0.4) is 0 Å². The van der Waals surface area contributed by atoms with Gasteiger partial charge in [-0.2, -0.15) is 0 Å². The van der Waals surface area contributed by atoms with Gasteiger partial charge in [0, 0.05) is 13.1 Å². The Morgan fingerprint density at radius 1 is 1.19 bits per heavy atom. The lowest BCUT2D eigenvalue weighted by atomic mass is 10.0. The summed E-state index contributed by atoms with van der Waals surface area (Å²) in [5, 5.41) is 6.93. The Morgan fingerprint density at radius 2 is 1.90 bits per heavy atom. The summed E-state index contributed by atoms with van der Waals surface area (Å²) in [4.78, 5) is 4.72. The summed E-state index contributed by atoms with van der Waals surface area (Å²) in [6.07, 6.45) is 5.70. The van der Waals surface area contributed by atoms with Gasteiger partial charge < -0.3 is 10.6 Å². The van der Waals surface area contributed by atoms with Crippen molar-refractivity contribution >= 4 is 5.96 Å². The van der Waals surface area contributed by atoms with Gasteiger partial charge in [0.05, 0.1) is 6.54 Å². The minimum Gasteiger partial charge on any atom is -0.357 e. The maximum atomic E-state index is 4.72. The van der Waals surface area contributed by atoms with Gasteiger partial charge in [-0.25, -0.2) is 4.99 Å². The molecule has 114 valence electrons. The van der Waals surface area contributed by atoms with Crippen LogP contribution in [0, 0.1) is 18.3 Å². The number of nitrogens with zero attached hydrogens (tertiary/aromatic N) is 1. The van der Waals surface area contributed by atoms with E-state index in [1.54, 1.807) is 0 Å². The highest BCUT2D eigenvalue weighted by Crippen LogP contribution is 2.60. The molecule has 3 heteroatoms. The van der Waals surface area contributed by atoms with E-state index in [1.165, 1.54) is 36.8 Å². The van der Waals surface area contributed by atoms with Crippen molar-refractivity contribution in [3.8, 4) is 0 Å². The minimum atomic E-state index is 0.611. The molecule has 21 heavy (non-hydrogen) atoms. The highest BCUT2D eigenvalue weighted by Gasteiger charge is 2.53. The van der Waals surface area contributed by atoms with Gasteiger partial charge in [-0.3, -0.25) is 0 Å². The Hall–Kier alpha value is -1.51. The van der Waals surface area contributed by atoms with Gasteiger partial charge >= 0.3 is 0 Å². The second-order valence-corrected chi connectivity index (χ2v) is 6.67. The number of benzene rings is 1. The molecule has 0 bridgehead atoms. The third-order valence-electron chi connectivity index (χ3n) is 4.83. The van der Waals surface area contributed by atoms with Gasteiger partial charge in [-0.1, -0.05) is 29.8 Å². The quantitative estimate of drug-likeness (QED) is 0.622. The second-order valence-electron chi connectivity index (χ2n) is 6.67. The highest BCUT2D eigenvalue weighted by molar-refractivity contribution is 5.79. The van der Waals surface area contributed by atoms with Crippen LogP contribution in [0.4, 0.5) is 0 Å². The van der Waals surface area contributed by atoms with E-state index < -0.39 is 0 Å². The average molecular weight is 285 g/mol. The first-order chi connectivity index (χ1) is 10.2. The smallest absolute Gasteiger partial charge is 0.191 e. The zero-order chi connectivity index (χ0) is 14.7. The van der Waals surface area contributed by atoms with Crippen molar-refractivity contribution in [1.29, 1.82) is 0 Å². The lowest BCUT2D eigenvalue weighted by molar-refractivity contribution is 0.431. The van der Waals surface area contributed by atoms with Gasteiger partial charge in [-0.05, 0) is 56.4 Å². The summed E-state index contributed by atoms with van der Waals surface area (Å²) in [5.41, 5.74) is 3.18. The van der Waals surface area contributed by atoms with Crippen LogP contribution >= 0.6 is 0 Å². The van der Waals surface area contributed by atoms with Crippen molar-refractivity contribution in [2.75, 3.05) is 13.1 Å². The number of hydrogen-bond donors (Lipinski definition) is 2. The van der Waals surface area contributed by atoms with E-state index in [4.69, 9.17) is 4.99 Å². The number of aliphatic imine (C=N–C) groups is 1. The molecule has 3 nitrogen and oxygen atoms in total. The Balaban J connectivity index is 1.55. The van der Waals surface area contributed by atoms with Crippen LogP contribution in [0.15, 0.2) is 29.3 Å². The van der Waals surface area contributed by atoms with Crippen LogP contribution in [-0.4, -0.2) is 19.0 Å². The molecule has 0 amide bonds. The Morgan fingerprint density at radius 3 is 2.48 bits per heavy atom. The van der Waals surface area contributed by atoms with Crippen LogP contribution in [0.1, 0.15) is 43.7 Å². The van der Waals surface area contributed by atoms with Crippen molar-refractivity contribution in [2.24, 2.45) is 16.3 Å². The second kappa shape index (κ2) is 6.08. The molecule has 2 aliphatic carbocycles. The molecule has 2 saturated carbocycles. The van der Waals surface area contributed by atoms with Crippen molar-refractivity contribution < 1.29 is 0 Å². The monoisotopic (exact) mass is 285 g/mol. The molecule has 1 aromatic rings. The van der Waals surface area contributed by atoms with E-state index in [-0.39, 0.29) is 0 Å². The minimum absolute atomic E-state index is 0.611. The average Bonchev–Trinajstić information content (AvgIpc) is 3.37. The normalized spacial score (nSPS) is 20.2. The number of guanidine groups is 1. The van der Waals surface area contributed by atoms with Gasteiger partial charge in [0.15, 0.2) is 5.96 Å². The summed E-state index contributed by atoms with van der Waals surface area (Å²) in [6.45, 7) is 6.99. The van der Waals surface area contributed by atoms with Gasteiger partial charge in [0.25, 0.3) is 0 Å². The summed E-state index contributed by atoms with van der Waals surface area (Å²) in [5.74, 6) is 1.95. The molecule has 0 unspecified atom stereocenters. The highest BCUT2D eigenvalue weighted by atomic mass is 15.2. The molecule has 0 radical (unpaired) electrons. The molecule has 0 spiro atoms. The lowest BCUT2D eigenvalue weighted by Gasteiger charge is -2.18. The van der Waals surface area contributed by atoms with E-state index in [2.05, 4.69) is 48.7 Å². The molecule has 0 aliphatic heterocycles. The SMILES string of the molecule is CCNC(=NCc1ccc(C)cc1)NCC1(C2CC2)CC1. The van der Waals surface area contributed by atoms with Crippen molar-refractivity contribution in [3.63, 3.8) is 0 Å². The Labute approximate surface area is 128 Å². The molecule has 0 atom stereocenters. The number of aryl methyl sites for hydroxylation is 1. The molecule has 2 N–H and O–H groups in total. The van der Waals surface area contributed by atoms with E-state index in [9.17, 15) is 0 Å². The van der Waals surface area contributed by atoms with Crippen LogP contribution in [0.2, 0.25) is 0 Å². The zero-order valence-corrected chi connectivity index (χ0v) is 13.3. The largest absolute Gasteiger partial charge is 0.357 e. The predicted octanol–water partition coefficient (Wildman–Crippen LogP) is 3.24. The van der Waals surface area contributed by atoms with Crippen molar-refractivity contribution in [3.05, 3.63) is 35.4 Å². The lowest BCUT2D eigenvalue weighted by Crippen LogP contribution is -2.40. The molecule has 0 heterocycles. The van der Waals surface area contributed by atoms with Gasteiger partial charge in [0.2, 0.25) is 0 Å². The van der Waals surface area contributed by atoms with E-state index in [0.717, 1.165) is 31.5 Å². The first-order valence-corrected chi connectivity index (χ1v) is 8.29. The first kappa shape index (κ1) is 14.4. The van der Waals surface area contributed by atoms with Crippen LogP contribution in [0.25, 0.3) is 0 Å². The Bertz CT molecular complexity index is 496. The summed E-state index contributed by atoms with van der Waals surface area (Å²) >= 11 is 0. The standard InChI is InChI=1S/C18H27N3/c1-3-19-17(20-12-15-6-4-14(2)5-7-15)21-13-18(10-11-18)16-8-9-16/h4-7,16H,3,8-13H2,1-2H3,(H2,19,20,21). The van der Waals surface area contributed by atoms with Crippen molar-refractivity contribution in [1.82, 2.24) is 10.6 Å². The molecular weight excluding hydrogens is 258 g/mol. The maximum absolute atomic E-state index is 4.72. The molecule has 0 saturated heterocycles. The van der Waals surface area contributed by atoms with Crippen LogP contribution < -0.4 is 10.6 Å². The Kier molecular flexibility index (Phi) is 4.18. The van der Waals surface area contributed by atoms with Crippen LogP contribution in [-0.2, 0) is 6.54 Å². The van der Waals surface area contributed by atoms with Crippen LogP contribution in [0.5, 0.6) is 0 Å². The number of hydrogen-bond acceptors (Lipinski definition) is 1. The molecule has 2 aliphatic rings. The first-order valence-electron chi connectivity index (χ1n) is 8.29. The summed E-state index contributed by atoms with van der Waals surface area (Å²) in [6, 6.07) is 8.62. The number of rotatable bonds is 6. The summed E-state index contributed by atoms with van der Waals surface area (Å²) < 4.78 is 0. The molecule has 1 aromatic carbocycles. The molecular formula is C18H27N3. The van der Waals surface area contributed by atoms with Gasteiger partial charge in [-0.15, -0.1) is 0 Å².